The van der Waals surface area contributed by atoms with E-state index >= 15 is 0 Å². The van der Waals surface area contributed by atoms with E-state index in [1.54, 1.807) is 6.26 Å². The van der Waals surface area contributed by atoms with Crippen LogP contribution in [-0.4, -0.2) is 31.5 Å². The number of amides is 1. The van der Waals surface area contributed by atoms with E-state index in [2.05, 4.69) is 33.1 Å². The molecule has 1 aromatic heterocycles. The van der Waals surface area contributed by atoms with Crippen molar-refractivity contribution < 1.29 is 9.21 Å². The number of benzene rings is 1. The number of aliphatic imine (C=N–C) groups is 1. The molecular weight excluding hydrogens is 316 g/mol. The van der Waals surface area contributed by atoms with Crippen LogP contribution in [0.2, 0.25) is 0 Å². The monoisotopic (exact) mass is 342 g/mol. The Labute approximate surface area is 148 Å². The standard InChI is InChI=1S/C19H26N4O2/c1-16(24)20-11-6-12-21-19(22-13-10-18-9-5-14-25-18)23-15-17-7-3-2-4-8-17/h2-5,7-9,14H,6,10-13,15H2,1H3,(H,20,24)(H2,21,22,23). The van der Waals surface area contributed by atoms with E-state index in [9.17, 15) is 4.79 Å². The average Bonchev–Trinajstić information content (AvgIpc) is 3.13. The van der Waals surface area contributed by atoms with Gasteiger partial charge in [-0.1, -0.05) is 30.3 Å². The molecule has 6 heteroatoms. The number of carbonyl (C=O) groups is 1. The zero-order chi connectivity index (χ0) is 17.7. The van der Waals surface area contributed by atoms with E-state index in [4.69, 9.17) is 4.42 Å². The summed E-state index contributed by atoms with van der Waals surface area (Å²) >= 11 is 0. The first-order valence-electron chi connectivity index (χ1n) is 8.57. The van der Waals surface area contributed by atoms with Crippen LogP contribution >= 0.6 is 0 Å². The summed E-state index contributed by atoms with van der Waals surface area (Å²) in [5.74, 6) is 1.70. The molecule has 1 aromatic carbocycles. The van der Waals surface area contributed by atoms with Crippen molar-refractivity contribution in [2.24, 2.45) is 4.99 Å². The maximum absolute atomic E-state index is 10.9. The molecule has 134 valence electrons. The van der Waals surface area contributed by atoms with Gasteiger partial charge in [-0.05, 0) is 24.1 Å². The van der Waals surface area contributed by atoms with Gasteiger partial charge in [0.05, 0.1) is 12.8 Å². The molecule has 0 fully saturated rings. The fourth-order valence-corrected chi connectivity index (χ4v) is 2.25. The Hall–Kier alpha value is -2.76. The number of guanidine groups is 1. The van der Waals surface area contributed by atoms with Crippen molar-refractivity contribution in [3.63, 3.8) is 0 Å². The van der Waals surface area contributed by atoms with E-state index in [0.29, 0.717) is 13.1 Å². The van der Waals surface area contributed by atoms with E-state index in [1.165, 1.54) is 6.92 Å². The van der Waals surface area contributed by atoms with Gasteiger partial charge < -0.3 is 20.4 Å². The van der Waals surface area contributed by atoms with Gasteiger partial charge in [0.25, 0.3) is 0 Å². The summed E-state index contributed by atoms with van der Waals surface area (Å²) in [5, 5.41) is 9.41. The first-order chi connectivity index (χ1) is 12.2. The molecule has 6 nitrogen and oxygen atoms in total. The summed E-state index contributed by atoms with van der Waals surface area (Å²) in [6.45, 7) is 4.27. The highest BCUT2D eigenvalue weighted by Crippen LogP contribution is 2.01. The van der Waals surface area contributed by atoms with Gasteiger partial charge in [0.1, 0.15) is 5.76 Å². The lowest BCUT2D eigenvalue weighted by atomic mass is 10.2. The van der Waals surface area contributed by atoms with Crippen LogP contribution in [0.5, 0.6) is 0 Å². The summed E-state index contributed by atoms with van der Waals surface area (Å²) < 4.78 is 5.34. The summed E-state index contributed by atoms with van der Waals surface area (Å²) in [5.41, 5.74) is 1.16. The molecule has 2 rings (SSSR count). The van der Waals surface area contributed by atoms with E-state index in [0.717, 1.165) is 43.2 Å². The maximum atomic E-state index is 10.9. The normalized spacial score (nSPS) is 11.2. The molecule has 0 radical (unpaired) electrons. The minimum absolute atomic E-state index is 0.00505. The summed E-state index contributed by atoms with van der Waals surface area (Å²) in [4.78, 5) is 15.5. The quantitative estimate of drug-likeness (QED) is 0.370. The predicted molar refractivity (Wildman–Crippen MR) is 99.3 cm³/mol. The first kappa shape index (κ1) is 18.6. The van der Waals surface area contributed by atoms with Gasteiger partial charge in [-0.15, -0.1) is 0 Å². The Morgan fingerprint density at radius 1 is 1.00 bits per heavy atom. The molecule has 0 unspecified atom stereocenters. The average molecular weight is 342 g/mol. The number of hydrogen-bond acceptors (Lipinski definition) is 3. The van der Waals surface area contributed by atoms with Crippen LogP contribution in [0, 0.1) is 0 Å². The van der Waals surface area contributed by atoms with Crippen LogP contribution < -0.4 is 16.0 Å². The van der Waals surface area contributed by atoms with Crippen molar-refractivity contribution in [2.75, 3.05) is 19.6 Å². The Bertz CT molecular complexity index is 639. The molecule has 0 aliphatic rings. The predicted octanol–water partition coefficient (Wildman–Crippen LogP) is 2.08. The lowest BCUT2D eigenvalue weighted by Gasteiger charge is -2.12. The molecule has 0 saturated heterocycles. The zero-order valence-corrected chi connectivity index (χ0v) is 14.6. The second kappa shape index (κ2) is 10.9. The second-order valence-corrected chi connectivity index (χ2v) is 5.67. The van der Waals surface area contributed by atoms with Crippen LogP contribution in [-0.2, 0) is 17.8 Å². The highest BCUT2D eigenvalue weighted by molar-refractivity contribution is 5.79. The van der Waals surface area contributed by atoms with Crippen LogP contribution in [0.15, 0.2) is 58.1 Å². The Kier molecular flexibility index (Phi) is 8.11. The number of furan rings is 1. The van der Waals surface area contributed by atoms with Gasteiger partial charge in [0.2, 0.25) is 5.91 Å². The fraction of sp³-hybridized carbons (Fsp3) is 0.368. The SMILES string of the molecule is CC(=O)NCCCNC(=NCc1ccccc1)NCCc1ccco1. The molecule has 1 amide bonds. The first-order valence-corrected chi connectivity index (χ1v) is 8.57. The Morgan fingerprint density at radius 3 is 2.48 bits per heavy atom. The molecule has 0 spiro atoms. The Morgan fingerprint density at radius 2 is 1.76 bits per heavy atom. The molecule has 0 aliphatic carbocycles. The van der Waals surface area contributed by atoms with Crippen LogP contribution in [0.3, 0.4) is 0 Å². The third-order valence-corrected chi connectivity index (χ3v) is 3.53. The fourth-order valence-electron chi connectivity index (χ4n) is 2.25. The minimum Gasteiger partial charge on any atom is -0.469 e. The van der Waals surface area contributed by atoms with E-state index < -0.39 is 0 Å². The molecule has 3 N–H and O–H groups in total. The van der Waals surface area contributed by atoms with Gasteiger partial charge in [-0.3, -0.25) is 4.79 Å². The molecule has 0 bridgehead atoms. The summed E-state index contributed by atoms with van der Waals surface area (Å²) in [6.07, 6.45) is 3.31. The van der Waals surface area contributed by atoms with Gasteiger partial charge >= 0.3 is 0 Å². The highest BCUT2D eigenvalue weighted by atomic mass is 16.3. The number of nitrogens with zero attached hydrogens (tertiary/aromatic N) is 1. The largest absolute Gasteiger partial charge is 0.469 e. The third kappa shape index (κ3) is 8.06. The molecule has 0 saturated carbocycles. The molecule has 2 aromatic rings. The van der Waals surface area contributed by atoms with Gasteiger partial charge in [0, 0.05) is 33.0 Å². The van der Waals surface area contributed by atoms with Crippen molar-refractivity contribution >= 4 is 11.9 Å². The summed E-state index contributed by atoms with van der Waals surface area (Å²) in [6, 6.07) is 14.0. The topological polar surface area (TPSA) is 78.7 Å². The van der Waals surface area contributed by atoms with Crippen molar-refractivity contribution in [1.82, 2.24) is 16.0 Å². The third-order valence-electron chi connectivity index (χ3n) is 3.53. The van der Waals surface area contributed by atoms with Crippen LogP contribution in [0.1, 0.15) is 24.7 Å². The highest BCUT2D eigenvalue weighted by Gasteiger charge is 2.01. The van der Waals surface area contributed by atoms with E-state index in [-0.39, 0.29) is 5.91 Å². The van der Waals surface area contributed by atoms with Crippen molar-refractivity contribution in [3.05, 3.63) is 60.1 Å². The zero-order valence-electron chi connectivity index (χ0n) is 14.6. The molecular formula is C19H26N4O2. The van der Waals surface area contributed by atoms with Gasteiger partial charge in [-0.2, -0.15) is 0 Å². The van der Waals surface area contributed by atoms with Gasteiger partial charge in [0.15, 0.2) is 5.96 Å². The summed E-state index contributed by atoms with van der Waals surface area (Å²) in [7, 11) is 0. The lowest BCUT2D eigenvalue weighted by Crippen LogP contribution is -2.39. The maximum Gasteiger partial charge on any atom is 0.216 e. The van der Waals surface area contributed by atoms with Crippen molar-refractivity contribution in [2.45, 2.75) is 26.3 Å². The van der Waals surface area contributed by atoms with E-state index in [1.807, 2.05) is 30.3 Å². The van der Waals surface area contributed by atoms with Crippen LogP contribution in [0.4, 0.5) is 0 Å². The van der Waals surface area contributed by atoms with Crippen LogP contribution in [0.25, 0.3) is 0 Å². The number of carbonyl (C=O) groups excluding carboxylic acids is 1. The molecule has 1 heterocycles. The lowest BCUT2D eigenvalue weighted by molar-refractivity contribution is -0.118. The van der Waals surface area contributed by atoms with Crippen molar-refractivity contribution in [1.29, 1.82) is 0 Å². The molecule has 25 heavy (non-hydrogen) atoms. The minimum atomic E-state index is -0.00505. The van der Waals surface area contributed by atoms with Crippen molar-refractivity contribution in [3.8, 4) is 0 Å². The number of rotatable bonds is 9. The van der Waals surface area contributed by atoms with Gasteiger partial charge in [-0.25, -0.2) is 4.99 Å². The molecule has 0 atom stereocenters. The Balaban J connectivity index is 1.80. The number of nitrogens with one attached hydrogen (secondary N) is 3. The number of hydrogen-bond donors (Lipinski definition) is 3. The molecule has 0 aliphatic heterocycles. The smallest absolute Gasteiger partial charge is 0.216 e. The second-order valence-electron chi connectivity index (χ2n) is 5.67.